The van der Waals surface area contributed by atoms with Crippen molar-refractivity contribution in [3.8, 4) is 0 Å². The number of nitrogens with zero attached hydrogens (tertiary/aromatic N) is 2. The van der Waals surface area contributed by atoms with Gasteiger partial charge in [-0.15, -0.1) is 0 Å². The molecule has 0 unspecified atom stereocenters. The summed E-state index contributed by atoms with van der Waals surface area (Å²) in [4.78, 5) is 4.59. The van der Waals surface area contributed by atoms with E-state index in [2.05, 4.69) is 10.3 Å². The van der Waals surface area contributed by atoms with E-state index in [1.807, 2.05) is 6.92 Å². The van der Waals surface area contributed by atoms with Crippen molar-refractivity contribution in [2.45, 2.75) is 11.8 Å². The highest BCUT2D eigenvalue weighted by Gasteiger charge is 2.23. The van der Waals surface area contributed by atoms with E-state index >= 15 is 0 Å². The molecule has 20 heavy (non-hydrogen) atoms. The molecule has 0 saturated carbocycles. The summed E-state index contributed by atoms with van der Waals surface area (Å²) in [5.74, 6) is 0. The fourth-order valence-electron chi connectivity index (χ4n) is 2.07. The Morgan fingerprint density at radius 3 is 2.75 bits per heavy atom. The number of pyridine rings is 1. The average molecular weight is 293 g/mol. The highest BCUT2D eigenvalue weighted by molar-refractivity contribution is 7.89. The van der Waals surface area contributed by atoms with Gasteiger partial charge in [-0.1, -0.05) is 6.07 Å². The van der Waals surface area contributed by atoms with Gasteiger partial charge in [0.2, 0.25) is 10.0 Å². The molecular weight excluding hydrogens is 274 g/mol. The van der Waals surface area contributed by atoms with Crippen LogP contribution in [0.1, 0.15) is 5.56 Å². The van der Waals surface area contributed by atoms with Gasteiger partial charge in [-0.3, -0.25) is 4.98 Å². The second-order valence-corrected chi connectivity index (χ2v) is 6.72. The summed E-state index contributed by atoms with van der Waals surface area (Å²) in [6.45, 7) is 2.96. The van der Waals surface area contributed by atoms with Gasteiger partial charge in [0.05, 0.1) is 10.4 Å². The van der Waals surface area contributed by atoms with Crippen LogP contribution in [0.4, 0.5) is 0 Å². The Kier molecular flexibility index (Phi) is 4.37. The summed E-state index contributed by atoms with van der Waals surface area (Å²) < 4.78 is 26.6. The number of benzene rings is 1. The summed E-state index contributed by atoms with van der Waals surface area (Å²) in [6, 6.07) is 7.02. The smallest absolute Gasteiger partial charge is 0.243 e. The van der Waals surface area contributed by atoms with E-state index in [1.54, 1.807) is 44.6 Å². The quantitative estimate of drug-likeness (QED) is 0.905. The molecule has 108 valence electrons. The molecule has 6 heteroatoms. The Balaban J connectivity index is 2.55. The number of aryl methyl sites for hydroxylation is 1. The van der Waals surface area contributed by atoms with E-state index < -0.39 is 10.0 Å². The number of nitrogens with one attached hydrogen (secondary N) is 1. The fraction of sp³-hybridized carbons (Fsp3) is 0.357. The van der Waals surface area contributed by atoms with Crippen LogP contribution in [0.5, 0.6) is 0 Å². The van der Waals surface area contributed by atoms with Gasteiger partial charge in [-0.2, -0.15) is 4.31 Å². The normalized spacial score (nSPS) is 12.2. The van der Waals surface area contributed by atoms with Crippen LogP contribution >= 0.6 is 0 Å². The predicted molar refractivity (Wildman–Crippen MR) is 80.2 cm³/mol. The summed E-state index contributed by atoms with van der Waals surface area (Å²) >= 11 is 0. The highest BCUT2D eigenvalue weighted by atomic mass is 32.2. The van der Waals surface area contributed by atoms with Crippen LogP contribution in [0.25, 0.3) is 10.9 Å². The van der Waals surface area contributed by atoms with Crippen LogP contribution in [0.15, 0.2) is 35.4 Å². The third-order valence-corrected chi connectivity index (χ3v) is 5.21. The Morgan fingerprint density at radius 1 is 1.30 bits per heavy atom. The summed E-state index contributed by atoms with van der Waals surface area (Å²) in [5, 5.41) is 3.62. The minimum atomic E-state index is -3.50. The maximum absolute atomic E-state index is 12.6. The molecule has 1 N–H and O–H groups in total. The number of hydrogen-bond donors (Lipinski definition) is 1. The molecule has 2 rings (SSSR count). The maximum atomic E-state index is 12.6. The molecular formula is C14H19N3O2S. The molecule has 1 heterocycles. The third-order valence-electron chi connectivity index (χ3n) is 3.30. The lowest BCUT2D eigenvalue weighted by atomic mass is 10.1. The first-order chi connectivity index (χ1) is 9.48. The number of rotatable bonds is 5. The molecule has 0 aliphatic rings. The molecule has 0 saturated heterocycles. The minimum absolute atomic E-state index is 0.310. The SMILES string of the molecule is CNCCN(C)S(=O)(=O)c1ccc(C)c2ncccc12. The number of aromatic nitrogens is 1. The lowest BCUT2D eigenvalue weighted by Crippen LogP contribution is -2.33. The predicted octanol–water partition coefficient (Wildman–Crippen LogP) is 1.38. The molecule has 0 amide bonds. The first-order valence-corrected chi connectivity index (χ1v) is 7.87. The van der Waals surface area contributed by atoms with Gasteiger partial charge in [-0.05, 0) is 37.7 Å². The fourth-order valence-corrected chi connectivity index (χ4v) is 3.42. The second-order valence-electron chi connectivity index (χ2n) is 4.71. The van der Waals surface area contributed by atoms with Crippen molar-refractivity contribution >= 4 is 20.9 Å². The molecule has 0 aliphatic carbocycles. The minimum Gasteiger partial charge on any atom is -0.318 e. The van der Waals surface area contributed by atoms with E-state index in [4.69, 9.17) is 0 Å². The number of likely N-dealkylation sites (N-methyl/N-ethyl adjacent to an activating group) is 2. The molecule has 1 aromatic heterocycles. The van der Waals surface area contributed by atoms with E-state index in [-0.39, 0.29) is 0 Å². The standard InChI is InChI=1S/C14H19N3O2S/c1-11-6-7-13(12-5-4-8-16-14(11)12)20(18,19)17(3)10-9-15-2/h4-8,15H,9-10H2,1-3H3. The van der Waals surface area contributed by atoms with Crippen LogP contribution in [-0.4, -0.2) is 44.9 Å². The van der Waals surface area contributed by atoms with Crippen molar-refractivity contribution in [3.63, 3.8) is 0 Å². The Morgan fingerprint density at radius 2 is 2.05 bits per heavy atom. The Labute approximate surface area is 119 Å². The summed E-state index contributed by atoms with van der Waals surface area (Å²) in [6.07, 6.45) is 1.68. The van der Waals surface area contributed by atoms with Crippen molar-refractivity contribution in [1.29, 1.82) is 0 Å². The van der Waals surface area contributed by atoms with Crippen LogP contribution in [-0.2, 0) is 10.0 Å². The number of fused-ring (bicyclic) bond motifs is 1. The zero-order chi connectivity index (χ0) is 14.8. The van der Waals surface area contributed by atoms with Gasteiger partial charge >= 0.3 is 0 Å². The maximum Gasteiger partial charge on any atom is 0.243 e. The highest BCUT2D eigenvalue weighted by Crippen LogP contribution is 2.26. The molecule has 5 nitrogen and oxygen atoms in total. The summed E-state index contributed by atoms with van der Waals surface area (Å²) in [7, 11) is -0.112. The summed E-state index contributed by atoms with van der Waals surface area (Å²) in [5.41, 5.74) is 1.70. The Bertz CT molecular complexity index is 713. The van der Waals surface area contributed by atoms with Crippen LogP contribution in [0.2, 0.25) is 0 Å². The average Bonchev–Trinajstić information content (AvgIpc) is 2.45. The monoisotopic (exact) mass is 293 g/mol. The van der Waals surface area contributed by atoms with Crippen molar-refractivity contribution in [2.24, 2.45) is 0 Å². The van der Waals surface area contributed by atoms with Gasteiger partial charge in [0.25, 0.3) is 0 Å². The first-order valence-electron chi connectivity index (χ1n) is 6.43. The number of sulfonamides is 1. The van der Waals surface area contributed by atoms with E-state index in [0.717, 1.165) is 11.1 Å². The van der Waals surface area contributed by atoms with Crippen molar-refractivity contribution in [2.75, 3.05) is 27.2 Å². The van der Waals surface area contributed by atoms with Gasteiger partial charge in [0, 0.05) is 31.7 Å². The molecule has 2 aromatic rings. The first kappa shape index (κ1) is 14.9. The topological polar surface area (TPSA) is 62.3 Å². The molecule has 1 aromatic carbocycles. The van der Waals surface area contributed by atoms with E-state index in [9.17, 15) is 8.42 Å². The molecule has 0 aliphatic heterocycles. The molecule has 0 radical (unpaired) electrons. The van der Waals surface area contributed by atoms with E-state index in [1.165, 1.54) is 4.31 Å². The lowest BCUT2D eigenvalue weighted by molar-refractivity contribution is 0.466. The number of hydrogen-bond acceptors (Lipinski definition) is 4. The zero-order valence-electron chi connectivity index (χ0n) is 11.9. The largest absolute Gasteiger partial charge is 0.318 e. The van der Waals surface area contributed by atoms with Crippen LogP contribution < -0.4 is 5.32 Å². The van der Waals surface area contributed by atoms with Crippen molar-refractivity contribution in [1.82, 2.24) is 14.6 Å². The molecule has 0 fully saturated rings. The van der Waals surface area contributed by atoms with Crippen molar-refractivity contribution < 1.29 is 8.42 Å². The second kappa shape index (κ2) is 5.87. The Hall–Kier alpha value is -1.50. The van der Waals surface area contributed by atoms with Gasteiger partial charge in [0.1, 0.15) is 0 Å². The van der Waals surface area contributed by atoms with Gasteiger partial charge in [-0.25, -0.2) is 8.42 Å². The molecule has 0 spiro atoms. The van der Waals surface area contributed by atoms with Crippen molar-refractivity contribution in [3.05, 3.63) is 36.0 Å². The zero-order valence-corrected chi connectivity index (χ0v) is 12.7. The van der Waals surface area contributed by atoms with Crippen LogP contribution in [0.3, 0.4) is 0 Å². The van der Waals surface area contributed by atoms with Gasteiger partial charge in [0.15, 0.2) is 0 Å². The van der Waals surface area contributed by atoms with Crippen LogP contribution in [0, 0.1) is 6.92 Å². The molecule has 0 bridgehead atoms. The van der Waals surface area contributed by atoms with E-state index in [0.29, 0.717) is 23.4 Å². The molecule has 0 atom stereocenters. The third kappa shape index (κ3) is 2.67. The van der Waals surface area contributed by atoms with Gasteiger partial charge < -0.3 is 5.32 Å². The lowest BCUT2D eigenvalue weighted by Gasteiger charge is -2.18.